The number of hydrogen-bond acceptors (Lipinski definition) is 5. The van der Waals surface area contributed by atoms with Crippen LogP contribution in [0.3, 0.4) is 0 Å². The molecule has 0 unspecified atom stereocenters. The fraction of sp³-hybridized carbons (Fsp3) is 0.667. The number of carbonyl (C=O) groups is 1. The summed E-state index contributed by atoms with van der Waals surface area (Å²) in [6, 6.07) is 0. The number of aromatic amines is 1. The summed E-state index contributed by atoms with van der Waals surface area (Å²) in [7, 11) is 1.64. The van der Waals surface area contributed by atoms with E-state index in [2.05, 4.69) is 9.97 Å². The number of methoxy groups -OCH3 is 1. The number of nitrogens with zero attached hydrogens (tertiary/aromatic N) is 1. The second-order valence-corrected chi connectivity index (χ2v) is 5.31. The van der Waals surface area contributed by atoms with Crippen LogP contribution in [0.5, 0.6) is 0 Å². The number of ether oxygens (including phenoxy) is 2. The van der Waals surface area contributed by atoms with Crippen molar-refractivity contribution in [1.82, 2.24) is 9.97 Å². The maximum atomic E-state index is 12.1. The summed E-state index contributed by atoms with van der Waals surface area (Å²) >= 11 is 0. The monoisotopic (exact) mass is 294 g/mol. The average molecular weight is 294 g/mol. The van der Waals surface area contributed by atoms with E-state index in [-0.39, 0.29) is 12.2 Å². The van der Waals surface area contributed by atoms with Gasteiger partial charge in [-0.05, 0) is 19.8 Å². The summed E-state index contributed by atoms with van der Waals surface area (Å²) in [6.07, 6.45) is 7.34. The summed E-state index contributed by atoms with van der Waals surface area (Å²) < 4.78 is 10.5. The summed E-state index contributed by atoms with van der Waals surface area (Å²) in [6.45, 7) is 1.92. The third kappa shape index (κ3) is 3.32. The van der Waals surface area contributed by atoms with Gasteiger partial charge in [0.05, 0.1) is 6.61 Å². The fourth-order valence-corrected chi connectivity index (χ4v) is 2.82. The SMILES string of the molecule is CCOC(=O)c1cnc(C2(OC)CCCCCC2)[nH]c1=O. The predicted octanol–water partition coefficient (Wildman–Crippen LogP) is 2.14. The van der Waals surface area contributed by atoms with E-state index in [0.29, 0.717) is 5.82 Å². The molecule has 0 atom stereocenters. The first-order valence-electron chi connectivity index (χ1n) is 7.45. The molecule has 21 heavy (non-hydrogen) atoms. The van der Waals surface area contributed by atoms with Crippen LogP contribution in [0.2, 0.25) is 0 Å². The lowest BCUT2D eigenvalue weighted by Crippen LogP contribution is -2.34. The summed E-state index contributed by atoms with van der Waals surface area (Å²) in [5.41, 5.74) is -1.09. The van der Waals surface area contributed by atoms with E-state index in [1.54, 1.807) is 14.0 Å². The Labute approximate surface area is 123 Å². The number of aromatic nitrogens is 2. The summed E-state index contributed by atoms with van der Waals surface area (Å²) in [5.74, 6) is -0.143. The van der Waals surface area contributed by atoms with E-state index >= 15 is 0 Å². The molecular weight excluding hydrogens is 272 g/mol. The molecule has 0 bridgehead atoms. The molecule has 1 aromatic rings. The molecule has 0 saturated heterocycles. The number of esters is 1. The van der Waals surface area contributed by atoms with Crippen LogP contribution in [0.15, 0.2) is 11.0 Å². The van der Waals surface area contributed by atoms with Crippen molar-refractivity contribution in [3.63, 3.8) is 0 Å². The summed E-state index contributed by atoms with van der Waals surface area (Å²) in [5, 5.41) is 0. The molecule has 2 rings (SSSR count). The van der Waals surface area contributed by atoms with Gasteiger partial charge in [-0.15, -0.1) is 0 Å². The van der Waals surface area contributed by atoms with Crippen molar-refractivity contribution >= 4 is 5.97 Å². The topological polar surface area (TPSA) is 81.3 Å². The Kier molecular flexibility index (Phi) is 5.12. The molecule has 1 fully saturated rings. The minimum atomic E-state index is -0.648. The lowest BCUT2D eigenvalue weighted by molar-refractivity contribution is -0.0354. The van der Waals surface area contributed by atoms with E-state index < -0.39 is 17.1 Å². The summed E-state index contributed by atoms with van der Waals surface area (Å²) in [4.78, 5) is 30.7. The van der Waals surface area contributed by atoms with Crippen molar-refractivity contribution in [3.05, 3.63) is 27.9 Å². The van der Waals surface area contributed by atoms with Crippen LogP contribution in [0.1, 0.15) is 61.6 Å². The maximum absolute atomic E-state index is 12.1. The number of rotatable bonds is 4. The van der Waals surface area contributed by atoms with E-state index in [1.165, 1.54) is 6.20 Å². The molecule has 116 valence electrons. The lowest BCUT2D eigenvalue weighted by Gasteiger charge is -2.30. The second-order valence-electron chi connectivity index (χ2n) is 5.31. The second kappa shape index (κ2) is 6.85. The lowest BCUT2D eigenvalue weighted by atomic mass is 9.93. The van der Waals surface area contributed by atoms with Crippen molar-refractivity contribution in [1.29, 1.82) is 0 Å². The van der Waals surface area contributed by atoms with Crippen LogP contribution in [0.4, 0.5) is 0 Å². The Balaban J connectivity index is 2.33. The zero-order chi connectivity index (χ0) is 15.3. The molecule has 0 amide bonds. The number of H-pyrrole nitrogens is 1. The van der Waals surface area contributed by atoms with E-state index in [1.807, 2.05) is 0 Å². The minimum absolute atomic E-state index is 0.0690. The van der Waals surface area contributed by atoms with E-state index in [9.17, 15) is 9.59 Å². The number of nitrogens with one attached hydrogen (secondary N) is 1. The quantitative estimate of drug-likeness (QED) is 0.679. The maximum Gasteiger partial charge on any atom is 0.345 e. The molecule has 1 N–H and O–H groups in total. The number of hydrogen-bond donors (Lipinski definition) is 1. The van der Waals surface area contributed by atoms with Crippen LogP contribution in [-0.2, 0) is 15.1 Å². The molecule has 1 aliphatic carbocycles. The van der Waals surface area contributed by atoms with Crippen LogP contribution in [-0.4, -0.2) is 29.7 Å². The predicted molar refractivity (Wildman–Crippen MR) is 77.2 cm³/mol. The van der Waals surface area contributed by atoms with Crippen LogP contribution < -0.4 is 5.56 Å². The van der Waals surface area contributed by atoms with Gasteiger partial charge in [0.1, 0.15) is 17.0 Å². The zero-order valence-electron chi connectivity index (χ0n) is 12.6. The van der Waals surface area contributed by atoms with Gasteiger partial charge in [0.2, 0.25) is 0 Å². The van der Waals surface area contributed by atoms with Gasteiger partial charge in [0.25, 0.3) is 5.56 Å². The van der Waals surface area contributed by atoms with E-state index in [4.69, 9.17) is 9.47 Å². The highest BCUT2D eigenvalue weighted by molar-refractivity contribution is 5.88. The van der Waals surface area contributed by atoms with Gasteiger partial charge in [0.15, 0.2) is 0 Å². The first-order valence-corrected chi connectivity index (χ1v) is 7.45. The molecule has 1 saturated carbocycles. The smallest absolute Gasteiger partial charge is 0.345 e. The standard InChI is InChI=1S/C15H22N2O4/c1-3-21-13(19)11-10-16-14(17-12(11)18)15(20-2)8-6-4-5-7-9-15/h10H,3-9H2,1-2H3,(H,16,17,18). The van der Waals surface area contributed by atoms with Gasteiger partial charge in [-0.25, -0.2) is 9.78 Å². The first kappa shape index (κ1) is 15.7. The van der Waals surface area contributed by atoms with Crippen molar-refractivity contribution < 1.29 is 14.3 Å². The molecule has 1 aromatic heterocycles. The van der Waals surface area contributed by atoms with E-state index in [0.717, 1.165) is 38.5 Å². The van der Waals surface area contributed by atoms with Gasteiger partial charge >= 0.3 is 5.97 Å². The third-order valence-electron chi connectivity index (χ3n) is 4.03. The van der Waals surface area contributed by atoms with Gasteiger partial charge in [-0.2, -0.15) is 0 Å². The Morgan fingerprint density at radius 2 is 2.00 bits per heavy atom. The molecule has 1 aliphatic rings. The Bertz CT molecular complexity index is 545. The van der Waals surface area contributed by atoms with Crippen molar-refractivity contribution in [2.45, 2.75) is 51.0 Å². The molecule has 0 radical (unpaired) electrons. The third-order valence-corrected chi connectivity index (χ3v) is 4.03. The van der Waals surface area contributed by atoms with Crippen LogP contribution >= 0.6 is 0 Å². The van der Waals surface area contributed by atoms with Crippen molar-refractivity contribution in [2.24, 2.45) is 0 Å². The first-order chi connectivity index (χ1) is 10.1. The van der Waals surface area contributed by atoms with Gasteiger partial charge in [-0.3, -0.25) is 4.79 Å². The molecule has 1 heterocycles. The highest BCUT2D eigenvalue weighted by Crippen LogP contribution is 2.36. The minimum Gasteiger partial charge on any atom is -0.462 e. The highest BCUT2D eigenvalue weighted by atomic mass is 16.5. The Hall–Kier alpha value is -1.69. The normalized spacial score (nSPS) is 18.0. The number of carbonyl (C=O) groups excluding carboxylic acids is 1. The zero-order valence-corrected chi connectivity index (χ0v) is 12.6. The molecule has 0 aromatic carbocycles. The largest absolute Gasteiger partial charge is 0.462 e. The van der Waals surface area contributed by atoms with Crippen LogP contribution in [0, 0.1) is 0 Å². The van der Waals surface area contributed by atoms with Crippen molar-refractivity contribution in [3.8, 4) is 0 Å². The van der Waals surface area contributed by atoms with Gasteiger partial charge < -0.3 is 14.5 Å². The Morgan fingerprint density at radius 1 is 1.33 bits per heavy atom. The van der Waals surface area contributed by atoms with Gasteiger partial charge in [-0.1, -0.05) is 25.7 Å². The molecule has 6 heteroatoms. The molecule has 0 aliphatic heterocycles. The Morgan fingerprint density at radius 3 is 2.52 bits per heavy atom. The molecular formula is C15H22N2O4. The molecule has 0 spiro atoms. The van der Waals surface area contributed by atoms with Gasteiger partial charge in [0, 0.05) is 13.3 Å². The average Bonchev–Trinajstić information content (AvgIpc) is 2.73. The highest BCUT2D eigenvalue weighted by Gasteiger charge is 2.35. The van der Waals surface area contributed by atoms with Crippen LogP contribution in [0.25, 0.3) is 0 Å². The van der Waals surface area contributed by atoms with Crippen molar-refractivity contribution in [2.75, 3.05) is 13.7 Å². The molecule has 6 nitrogen and oxygen atoms in total. The fourth-order valence-electron chi connectivity index (χ4n) is 2.82.